The second-order valence-corrected chi connectivity index (χ2v) is 4.72. The van der Waals surface area contributed by atoms with E-state index in [1.165, 1.54) is 0 Å². The minimum atomic E-state index is -0.821. The Morgan fingerprint density at radius 1 is 1.39 bits per heavy atom. The van der Waals surface area contributed by atoms with Crippen molar-refractivity contribution in [2.24, 2.45) is 5.92 Å². The molecule has 1 saturated carbocycles. The molecule has 1 aliphatic rings. The van der Waals surface area contributed by atoms with Crippen molar-refractivity contribution in [1.29, 1.82) is 0 Å². The fraction of sp³-hybridized carbons (Fsp3) is 0.583. The zero-order valence-electron chi connectivity index (χ0n) is 9.84. The lowest BCUT2D eigenvalue weighted by atomic mass is 9.80. The summed E-state index contributed by atoms with van der Waals surface area (Å²) in [4.78, 5) is 18.2. The van der Waals surface area contributed by atoms with Crippen LogP contribution >= 0.6 is 0 Å². The molecule has 2 rings (SSSR count). The van der Waals surface area contributed by atoms with Gasteiger partial charge in [0.25, 0.3) is 5.88 Å². The van der Waals surface area contributed by atoms with Crippen molar-refractivity contribution >= 4 is 5.97 Å². The summed E-state index contributed by atoms with van der Waals surface area (Å²) in [6.45, 7) is 0. The van der Waals surface area contributed by atoms with E-state index < -0.39 is 17.7 Å². The lowest BCUT2D eigenvalue weighted by Gasteiger charge is -2.26. The number of carboxylic acids is 1. The molecule has 6 heteroatoms. The van der Waals surface area contributed by atoms with Gasteiger partial charge in [0.1, 0.15) is 5.82 Å². The molecular formula is C12H15FN2O3. The van der Waals surface area contributed by atoms with Gasteiger partial charge in [0.2, 0.25) is 5.82 Å². The number of aromatic hydroxyl groups is 1. The summed E-state index contributed by atoms with van der Waals surface area (Å²) in [5.74, 6) is -1.47. The highest BCUT2D eigenvalue weighted by Crippen LogP contribution is 2.36. The lowest BCUT2D eigenvalue weighted by Crippen LogP contribution is -2.17. The number of nitrogens with zero attached hydrogens (tertiary/aromatic N) is 2. The zero-order chi connectivity index (χ0) is 13.1. The highest BCUT2D eigenvalue weighted by molar-refractivity contribution is 5.67. The van der Waals surface area contributed by atoms with Crippen LogP contribution in [0.2, 0.25) is 0 Å². The zero-order valence-corrected chi connectivity index (χ0v) is 9.84. The van der Waals surface area contributed by atoms with Gasteiger partial charge in [0.05, 0.1) is 6.20 Å². The number of carboxylic acid groups (broad SMARTS) is 1. The van der Waals surface area contributed by atoms with Crippen LogP contribution in [0.4, 0.5) is 4.39 Å². The molecule has 0 atom stereocenters. The van der Waals surface area contributed by atoms with Crippen molar-refractivity contribution < 1.29 is 19.4 Å². The van der Waals surface area contributed by atoms with Crippen LogP contribution in [0.3, 0.4) is 0 Å². The monoisotopic (exact) mass is 254 g/mol. The first-order chi connectivity index (χ1) is 8.56. The van der Waals surface area contributed by atoms with E-state index in [0.717, 1.165) is 31.9 Å². The largest absolute Gasteiger partial charge is 0.491 e. The summed E-state index contributed by atoms with van der Waals surface area (Å²) in [5.41, 5.74) is 0. The van der Waals surface area contributed by atoms with E-state index in [9.17, 15) is 14.3 Å². The fourth-order valence-electron chi connectivity index (χ4n) is 2.44. The summed E-state index contributed by atoms with van der Waals surface area (Å²) < 4.78 is 12.8. The van der Waals surface area contributed by atoms with Gasteiger partial charge >= 0.3 is 5.97 Å². The first-order valence-electron chi connectivity index (χ1n) is 5.99. The predicted molar refractivity (Wildman–Crippen MR) is 60.6 cm³/mol. The Balaban J connectivity index is 1.96. The summed E-state index contributed by atoms with van der Waals surface area (Å²) in [7, 11) is 0. The predicted octanol–water partition coefficient (Wildman–Crippen LogP) is 2.07. The van der Waals surface area contributed by atoms with Gasteiger partial charge in [-0.1, -0.05) is 0 Å². The Hall–Kier alpha value is -1.72. The Morgan fingerprint density at radius 2 is 2.06 bits per heavy atom. The van der Waals surface area contributed by atoms with E-state index in [1.54, 1.807) is 0 Å². The van der Waals surface area contributed by atoms with Crippen LogP contribution < -0.4 is 0 Å². The van der Waals surface area contributed by atoms with Crippen LogP contribution in [0.25, 0.3) is 0 Å². The number of carbonyl (C=O) groups is 1. The van der Waals surface area contributed by atoms with Crippen LogP contribution in [0.1, 0.15) is 43.8 Å². The molecule has 1 fully saturated rings. The van der Waals surface area contributed by atoms with Crippen LogP contribution in [-0.4, -0.2) is 26.2 Å². The Labute approximate surface area is 104 Å². The van der Waals surface area contributed by atoms with Gasteiger partial charge in [-0.15, -0.1) is 0 Å². The van der Waals surface area contributed by atoms with Gasteiger partial charge in [-0.25, -0.2) is 4.98 Å². The Bertz CT molecular complexity index is 445. The number of halogens is 1. The third-order valence-corrected chi connectivity index (χ3v) is 3.42. The number of hydrogen-bond donors (Lipinski definition) is 2. The van der Waals surface area contributed by atoms with E-state index in [-0.39, 0.29) is 18.3 Å². The average Bonchev–Trinajstić information content (AvgIpc) is 2.33. The molecule has 1 aromatic heterocycles. The van der Waals surface area contributed by atoms with Crippen molar-refractivity contribution in [2.45, 2.75) is 38.0 Å². The molecule has 0 aromatic carbocycles. The third-order valence-electron chi connectivity index (χ3n) is 3.42. The third kappa shape index (κ3) is 2.94. The molecule has 0 amide bonds. The Morgan fingerprint density at radius 3 is 2.61 bits per heavy atom. The van der Waals surface area contributed by atoms with Crippen molar-refractivity contribution in [3.63, 3.8) is 0 Å². The van der Waals surface area contributed by atoms with Gasteiger partial charge in [-0.2, -0.15) is 9.37 Å². The normalized spacial score (nSPS) is 23.8. The van der Waals surface area contributed by atoms with E-state index in [0.29, 0.717) is 5.82 Å². The van der Waals surface area contributed by atoms with Crippen molar-refractivity contribution in [3.8, 4) is 5.88 Å². The van der Waals surface area contributed by atoms with Gasteiger partial charge in [-0.05, 0) is 31.6 Å². The van der Waals surface area contributed by atoms with Gasteiger partial charge in [0.15, 0.2) is 0 Å². The van der Waals surface area contributed by atoms with Gasteiger partial charge < -0.3 is 10.2 Å². The SMILES string of the molecule is O=C(O)CC1CCC(c2ncc(F)c(O)n2)CC1. The molecule has 0 bridgehead atoms. The smallest absolute Gasteiger partial charge is 0.303 e. The second-order valence-electron chi connectivity index (χ2n) is 4.72. The number of aliphatic carboxylic acids is 1. The number of rotatable bonds is 3. The quantitative estimate of drug-likeness (QED) is 0.862. The molecule has 0 radical (unpaired) electrons. The Kier molecular flexibility index (Phi) is 3.74. The molecule has 0 spiro atoms. The minimum Gasteiger partial charge on any atom is -0.491 e. The van der Waals surface area contributed by atoms with E-state index in [1.807, 2.05) is 0 Å². The van der Waals surface area contributed by atoms with Crippen molar-refractivity contribution in [2.75, 3.05) is 0 Å². The molecule has 18 heavy (non-hydrogen) atoms. The average molecular weight is 254 g/mol. The molecule has 1 aliphatic carbocycles. The van der Waals surface area contributed by atoms with E-state index in [4.69, 9.17) is 5.11 Å². The highest BCUT2D eigenvalue weighted by Gasteiger charge is 2.26. The second kappa shape index (κ2) is 5.29. The summed E-state index contributed by atoms with van der Waals surface area (Å²) >= 11 is 0. The molecule has 5 nitrogen and oxygen atoms in total. The topological polar surface area (TPSA) is 83.3 Å². The molecule has 0 aliphatic heterocycles. The van der Waals surface area contributed by atoms with Crippen LogP contribution in [0, 0.1) is 11.7 Å². The molecule has 98 valence electrons. The maximum atomic E-state index is 12.8. The summed E-state index contributed by atoms with van der Waals surface area (Å²) in [6, 6.07) is 0. The highest BCUT2D eigenvalue weighted by atomic mass is 19.1. The van der Waals surface area contributed by atoms with E-state index >= 15 is 0 Å². The molecule has 1 heterocycles. The maximum absolute atomic E-state index is 12.8. The minimum absolute atomic E-state index is 0.0848. The van der Waals surface area contributed by atoms with E-state index in [2.05, 4.69) is 9.97 Å². The number of hydrogen-bond acceptors (Lipinski definition) is 4. The standard InChI is InChI=1S/C12H15FN2O3/c13-9-6-14-11(15-12(9)18)8-3-1-7(2-4-8)5-10(16)17/h6-8H,1-5H2,(H,16,17)(H,14,15,18). The maximum Gasteiger partial charge on any atom is 0.303 e. The van der Waals surface area contributed by atoms with Gasteiger partial charge in [-0.3, -0.25) is 4.79 Å². The summed E-state index contributed by atoms with van der Waals surface area (Å²) in [6.07, 6.45) is 4.34. The molecule has 0 saturated heterocycles. The molecular weight excluding hydrogens is 239 g/mol. The van der Waals surface area contributed by atoms with Crippen LogP contribution in [0.15, 0.2) is 6.20 Å². The molecule has 2 N–H and O–H groups in total. The fourth-order valence-corrected chi connectivity index (χ4v) is 2.44. The molecule has 0 unspecified atom stereocenters. The van der Waals surface area contributed by atoms with Crippen LogP contribution in [-0.2, 0) is 4.79 Å². The first-order valence-corrected chi connectivity index (χ1v) is 5.99. The van der Waals surface area contributed by atoms with Crippen molar-refractivity contribution in [1.82, 2.24) is 9.97 Å². The van der Waals surface area contributed by atoms with Crippen molar-refractivity contribution in [3.05, 3.63) is 17.8 Å². The lowest BCUT2D eigenvalue weighted by molar-refractivity contribution is -0.138. The first kappa shape index (κ1) is 12.7. The summed E-state index contributed by atoms with van der Waals surface area (Å²) in [5, 5.41) is 17.9. The van der Waals surface area contributed by atoms with Crippen LogP contribution in [0.5, 0.6) is 5.88 Å². The van der Waals surface area contributed by atoms with Gasteiger partial charge in [0, 0.05) is 12.3 Å². The number of aromatic nitrogens is 2. The molecule has 1 aromatic rings.